The van der Waals surface area contributed by atoms with E-state index in [1.807, 2.05) is 18.2 Å². The van der Waals surface area contributed by atoms with Crippen molar-refractivity contribution in [3.8, 4) is 11.5 Å². The second-order valence-corrected chi connectivity index (χ2v) is 3.41. The van der Waals surface area contributed by atoms with Crippen LogP contribution in [0.25, 0.3) is 0 Å². The van der Waals surface area contributed by atoms with Crippen molar-refractivity contribution in [3.05, 3.63) is 18.2 Å². The molecular formula is C8H12O2Si. The molecule has 60 valence electrons. The second-order valence-electron chi connectivity index (χ2n) is 2.34. The highest BCUT2D eigenvalue weighted by Crippen LogP contribution is 2.15. The molecule has 2 nitrogen and oxygen atoms in total. The standard InChI is InChI=1S/C8H12O2Si/c1-9-6-3-4-8(11)7(5-6)10-2/h3-5H,1-2,11H3. The van der Waals surface area contributed by atoms with Gasteiger partial charge >= 0.3 is 0 Å². The normalized spacial score (nSPS) is 9.64. The van der Waals surface area contributed by atoms with Gasteiger partial charge in [-0.25, -0.2) is 0 Å². The van der Waals surface area contributed by atoms with Crippen LogP contribution >= 0.6 is 0 Å². The van der Waals surface area contributed by atoms with Gasteiger partial charge in [-0.05, 0) is 11.3 Å². The van der Waals surface area contributed by atoms with Gasteiger partial charge in [0.05, 0.1) is 14.2 Å². The maximum absolute atomic E-state index is 5.14. The summed E-state index contributed by atoms with van der Waals surface area (Å²) in [6.45, 7) is 0. The summed E-state index contributed by atoms with van der Waals surface area (Å²) in [6.07, 6.45) is 0. The molecule has 0 aromatic heterocycles. The summed E-state index contributed by atoms with van der Waals surface area (Å²) in [4.78, 5) is 0. The monoisotopic (exact) mass is 168 g/mol. The maximum atomic E-state index is 5.14. The van der Waals surface area contributed by atoms with Gasteiger partial charge in [0.2, 0.25) is 0 Å². The molecule has 0 atom stereocenters. The zero-order valence-electron chi connectivity index (χ0n) is 7.05. The van der Waals surface area contributed by atoms with Crippen molar-refractivity contribution in [1.29, 1.82) is 0 Å². The number of hydrogen-bond donors (Lipinski definition) is 0. The molecule has 0 fully saturated rings. The smallest absolute Gasteiger partial charge is 0.122 e. The van der Waals surface area contributed by atoms with E-state index in [9.17, 15) is 0 Å². The Balaban J connectivity index is 3.02. The highest BCUT2D eigenvalue weighted by Gasteiger charge is 1.98. The fraction of sp³-hybridized carbons (Fsp3) is 0.250. The molecule has 0 saturated carbocycles. The number of benzene rings is 1. The molecule has 1 aromatic carbocycles. The summed E-state index contributed by atoms with van der Waals surface area (Å²) in [5.74, 6) is 1.78. The molecule has 0 bridgehead atoms. The highest BCUT2D eigenvalue weighted by atomic mass is 28.1. The van der Waals surface area contributed by atoms with Crippen LogP contribution in [0.3, 0.4) is 0 Å². The van der Waals surface area contributed by atoms with Crippen LogP contribution in [0, 0.1) is 0 Å². The third kappa shape index (κ3) is 1.74. The van der Waals surface area contributed by atoms with Crippen molar-refractivity contribution < 1.29 is 9.47 Å². The Morgan fingerprint density at radius 3 is 2.45 bits per heavy atom. The van der Waals surface area contributed by atoms with E-state index in [1.165, 1.54) is 5.19 Å². The average Bonchev–Trinajstić information content (AvgIpc) is 2.05. The minimum absolute atomic E-state index is 0.849. The van der Waals surface area contributed by atoms with E-state index in [1.54, 1.807) is 14.2 Å². The molecule has 0 saturated heterocycles. The molecule has 1 aromatic rings. The van der Waals surface area contributed by atoms with Gasteiger partial charge in [0.1, 0.15) is 11.5 Å². The van der Waals surface area contributed by atoms with Crippen LogP contribution in [-0.2, 0) is 0 Å². The Morgan fingerprint density at radius 2 is 1.91 bits per heavy atom. The van der Waals surface area contributed by atoms with Crippen LogP contribution in [0.4, 0.5) is 0 Å². The lowest BCUT2D eigenvalue weighted by Gasteiger charge is -2.05. The summed E-state index contributed by atoms with van der Waals surface area (Å²) < 4.78 is 10.2. The first-order valence-electron chi connectivity index (χ1n) is 3.46. The number of hydrogen-bond acceptors (Lipinski definition) is 2. The number of methoxy groups -OCH3 is 2. The minimum Gasteiger partial charge on any atom is -0.497 e. The maximum Gasteiger partial charge on any atom is 0.122 e. The molecule has 0 radical (unpaired) electrons. The summed E-state index contributed by atoms with van der Waals surface area (Å²) in [7, 11) is 4.34. The molecule has 0 unspecified atom stereocenters. The first kappa shape index (κ1) is 8.14. The van der Waals surface area contributed by atoms with Gasteiger partial charge in [-0.3, -0.25) is 0 Å². The van der Waals surface area contributed by atoms with E-state index in [0.717, 1.165) is 21.7 Å². The van der Waals surface area contributed by atoms with Crippen LogP contribution in [-0.4, -0.2) is 24.5 Å². The quantitative estimate of drug-likeness (QED) is 0.564. The van der Waals surface area contributed by atoms with Crippen molar-refractivity contribution in [3.63, 3.8) is 0 Å². The molecule has 0 amide bonds. The van der Waals surface area contributed by atoms with Gasteiger partial charge in [-0.1, -0.05) is 6.07 Å². The Hall–Kier alpha value is -0.963. The van der Waals surface area contributed by atoms with E-state index in [-0.39, 0.29) is 0 Å². The molecule has 1 rings (SSSR count). The lowest BCUT2D eigenvalue weighted by Crippen LogP contribution is -2.06. The van der Waals surface area contributed by atoms with Gasteiger partial charge in [0, 0.05) is 16.3 Å². The second kappa shape index (κ2) is 3.43. The SMILES string of the molecule is COc1ccc([SiH3])c(OC)c1. The largest absolute Gasteiger partial charge is 0.497 e. The van der Waals surface area contributed by atoms with Gasteiger partial charge in [-0.15, -0.1) is 0 Å². The Morgan fingerprint density at radius 1 is 1.18 bits per heavy atom. The number of rotatable bonds is 2. The molecule has 0 aliphatic carbocycles. The zero-order valence-corrected chi connectivity index (χ0v) is 9.05. The average molecular weight is 168 g/mol. The fourth-order valence-electron chi connectivity index (χ4n) is 0.927. The topological polar surface area (TPSA) is 18.5 Å². The van der Waals surface area contributed by atoms with E-state index in [2.05, 4.69) is 0 Å². The predicted octanol–water partition coefficient (Wildman–Crippen LogP) is -0.306. The minimum atomic E-state index is 0.849. The summed E-state index contributed by atoms with van der Waals surface area (Å²) >= 11 is 0. The van der Waals surface area contributed by atoms with Crippen LogP contribution in [0.1, 0.15) is 0 Å². The molecular weight excluding hydrogens is 156 g/mol. The molecule has 0 aliphatic heterocycles. The first-order chi connectivity index (χ1) is 5.27. The van der Waals surface area contributed by atoms with Gasteiger partial charge in [0.25, 0.3) is 0 Å². The third-order valence-electron chi connectivity index (χ3n) is 1.62. The van der Waals surface area contributed by atoms with Crippen LogP contribution in [0.5, 0.6) is 11.5 Å². The summed E-state index contributed by atoms with van der Waals surface area (Å²) in [6, 6.07) is 5.89. The Bertz CT molecular complexity index is 248. The van der Waals surface area contributed by atoms with E-state index in [4.69, 9.17) is 9.47 Å². The van der Waals surface area contributed by atoms with Crippen LogP contribution in [0.2, 0.25) is 0 Å². The van der Waals surface area contributed by atoms with Crippen molar-refractivity contribution in [2.24, 2.45) is 0 Å². The van der Waals surface area contributed by atoms with E-state index < -0.39 is 0 Å². The van der Waals surface area contributed by atoms with Crippen molar-refractivity contribution in [2.75, 3.05) is 14.2 Å². The summed E-state index contributed by atoms with van der Waals surface area (Å²) in [5.41, 5.74) is 0. The summed E-state index contributed by atoms with van der Waals surface area (Å²) in [5, 5.41) is 1.26. The zero-order chi connectivity index (χ0) is 8.27. The van der Waals surface area contributed by atoms with E-state index >= 15 is 0 Å². The molecule has 0 spiro atoms. The number of ether oxygens (including phenoxy) is 2. The van der Waals surface area contributed by atoms with Gasteiger partial charge in [-0.2, -0.15) is 0 Å². The molecule has 3 heteroatoms. The molecule has 0 N–H and O–H groups in total. The fourth-order valence-corrected chi connectivity index (χ4v) is 1.44. The van der Waals surface area contributed by atoms with Gasteiger partial charge < -0.3 is 9.47 Å². The first-order valence-corrected chi connectivity index (χ1v) is 4.46. The highest BCUT2D eigenvalue weighted by molar-refractivity contribution is 6.34. The van der Waals surface area contributed by atoms with E-state index in [0.29, 0.717) is 0 Å². The van der Waals surface area contributed by atoms with Crippen molar-refractivity contribution in [2.45, 2.75) is 0 Å². The van der Waals surface area contributed by atoms with Crippen LogP contribution in [0.15, 0.2) is 18.2 Å². The Labute approximate surface area is 69.6 Å². The lowest BCUT2D eigenvalue weighted by molar-refractivity contribution is 0.396. The van der Waals surface area contributed by atoms with Gasteiger partial charge in [0.15, 0.2) is 0 Å². The third-order valence-corrected chi connectivity index (χ3v) is 2.44. The molecule has 0 aliphatic rings. The van der Waals surface area contributed by atoms with Crippen molar-refractivity contribution in [1.82, 2.24) is 0 Å². The van der Waals surface area contributed by atoms with Crippen molar-refractivity contribution >= 4 is 15.4 Å². The van der Waals surface area contributed by atoms with Crippen LogP contribution < -0.4 is 14.7 Å². The molecule has 0 heterocycles. The lowest BCUT2D eigenvalue weighted by atomic mass is 10.3. The molecule has 11 heavy (non-hydrogen) atoms. The Kier molecular flexibility index (Phi) is 2.54. The predicted molar refractivity (Wildman–Crippen MR) is 49.1 cm³/mol.